The van der Waals surface area contributed by atoms with E-state index in [4.69, 9.17) is 5.73 Å². The van der Waals surface area contributed by atoms with Gasteiger partial charge in [0.05, 0.1) is 17.8 Å². The number of rotatable bonds is 5. The standard InChI is InChI=1S/C19H18F2N4O2/c1-2-25-18(27)16(13-6-7-15(26)24(11-13)9-8-20)17(23-19(25)22)12-4-3-5-14(21)10-12/h3-7,10-11H,2,8-9H2,1H3,(H2,22,23). The van der Waals surface area contributed by atoms with Crippen molar-refractivity contribution in [3.8, 4) is 22.4 Å². The van der Waals surface area contributed by atoms with Crippen molar-refractivity contribution < 1.29 is 8.78 Å². The maximum Gasteiger partial charge on any atom is 0.263 e. The lowest BCUT2D eigenvalue weighted by atomic mass is 10.0. The van der Waals surface area contributed by atoms with Gasteiger partial charge in [0.15, 0.2) is 0 Å². The summed E-state index contributed by atoms with van der Waals surface area (Å²) in [4.78, 5) is 29.2. The van der Waals surface area contributed by atoms with Crippen LogP contribution in [0.5, 0.6) is 0 Å². The van der Waals surface area contributed by atoms with E-state index < -0.39 is 18.1 Å². The lowest BCUT2D eigenvalue weighted by molar-refractivity contribution is 0.440. The van der Waals surface area contributed by atoms with Crippen LogP contribution in [0.3, 0.4) is 0 Å². The summed E-state index contributed by atoms with van der Waals surface area (Å²) >= 11 is 0. The average Bonchev–Trinajstić information content (AvgIpc) is 2.64. The number of nitrogens with two attached hydrogens (primary N) is 1. The second kappa shape index (κ2) is 7.53. The van der Waals surface area contributed by atoms with Crippen LogP contribution in [0.4, 0.5) is 14.7 Å². The van der Waals surface area contributed by atoms with Crippen molar-refractivity contribution in [1.29, 1.82) is 0 Å². The van der Waals surface area contributed by atoms with Gasteiger partial charge in [0.25, 0.3) is 11.1 Å². The summed E-state index contributed by atoms with van der Waals surface area (Å²) in [5, 5.41) is 0. The number of nitrogen functional groups attached to an aromatic ring is 1. The molecular weight excluding hydrogens is 354 g/mol. The number of hydrogen-bond acceptors (Lipinski definition) is 4. The molecule has 0 aliphatic heterocycles. The molecule has 8 heteroatoms. The van der Waals surface area contributed by atoms with Gasteiger partial charge in [-0.05, 0) is 25.1 Å². The molecule has 0 bridgehead atoms. The highest BCUT2D eigenvalue weighted by Gasteiger charge is 2.19. The molecule has 0 fully saturated rings. The topological polar surface area (TPSA) is 82.9 Å². The molecule has 6 nitrogen and oxygen atoms in total. The van der Waals surface area contributed by atoms with Gasteiger partial charge >= 0.3 is 0 Å². The third-order valence-electron chi connectivity index (χ3n) is 4.21. The van der Waals surface area contributed by atoms with E-state index in [1.165, 1.54) is 45.7 Å². The molecule has 3 rings (SSSR count). The molecule has 0 amide bonds. The van der Waals surface area contributed by atoms with Gasteiger partial charge in [-0.2, -0.15) is 0 Å². The third-order valence-corrected chi connectivity index (χ3v) is 4.21. The zero-order chi connectivity index (χ0) is 19.6. The Kier molecular flexibility index (Phi) is 5.16. The van der Waals surface area contributed by atoms with Gasteiger partial charge in [-0.25, -0.2) is 13.8 Å². The predicted octanol–water partition coefficient (Wildman–Crippen LogP) is 2.45. The molecule has 140 valence electrons. The summed E-state index contributed by atoms with van der Waals surface area (Å²) in [6, 6.07) is 8.37. The van der Waals surface area contributed by atoms with Crippen molar-refractivity contribution in [3.63, 3.8) is 0 Å². The summed E-state index contributed by atoms with van der Waals surface area (Å²) < 4.78 is 28.9. The Balaban J connectivity index is 2.35. The van der Waals surface area contributed by atoms with Crippen LogP contribution in [0.2, 0.25) is 0 Å². The smallest absolute Gasteiger partial charge is 0.263 e. The first kappa shape index (κ1) is 18.5. The molecule has 2 heterocycles. The van der Waals surface area contributed by atoms with E-state index in [9.17, 15) is 18.4 Å². The Labute approximate surface area is 153 Å². The highest BCUT2D eigenvalue weighted by atomic mass is 19.1. The first-order valence-corrected chi connectivity index (χ1v) is 8.39. The van der Waals surface area contributed by atoms with Crippen molar-refractivity contribution in [2.24, 2.45) is 0 Å². The highest BCUT2D eigenvalue weighted by Crippen LogP contribution is 2.28. The van der Waals surface area contributed by atoms with Crippen molar-refractivity contribution in [1.82, 2.24) is 14.1 Å². The molecule has 0 aliphatic rings. The summed E-state index contributed by atoms with van der Waals surface area (Å²) in [6.07, 6.45) is 1.40. The molecule has 0 saturated carbocycles. The second-order valence-corrected chi connectivity index (χ2v) is 5.89. The number of pyridine rings is 1. The van der Waals surface area contributed by atoms with Crippen LogP contribution in [0.15, 0.2) is 52.2 Å². The Morgan fingerprint density at radius 3 is 2.59 bits per heavy atom. The van der Waals surface area contributed by atoms with Crippen molar-refractivity contribution >= 4 is 5.95 Å². The molecule has 2 aromatic heterocycles. The van der Waals surface area contributed by atoms with Crippen LogP contribution in [0, 0.1) is 5.82 Å². The van der Waals surface area contributed by atoms with E-state index >= 15 is 0 Å². The fraction of sp³-hybridized carbons (Fsp3) is 0.211. The fourth-order valence-electron chi connectivity index (χ4n) is 2.93. The molecule has 1 aromatic carbocycles. The minimum atomic E-state index is -0.723. The molecule has 0 unspecified atom stereocenters. The molecule has 3 aromatic rings. The van der Waals surface area contributed by atoms with Gasteiger partial charge < -0.3 is 10.3 Å². The lowest BCUT2D eigenvalue weighted by Crippen LogP contribution is -2.27. The van der Waals surface area contributed by atoms with Crippen LogP contribution < -0.4 is 16.9 Å². The molecular formula is C19H18F2N4O2. The number of aryl methyl sites for hydroxylation is 1. The first-order valence-electron chi connectivity index (χ1n) is 8.39. The van der Waals surface area contributed by atoms with Crippen molar-refractivity contribution in [2.75, 3.05) is 12.4 Å². The van der Waals surface area contributed by atoms with E-state index in [1.54, 1.807) is 13.0 Å². The Morgan fingerprint density at radius 2 is 1.93 bits per heavy atom. The zero-order valence-electron chi connectivity index (χ0n) is 14.7. The van der Waals surface area contributed by atoms with Crippen LogP contribution in [-0.4, -0.2) is 20.8 Å². The Bertz CT molecular complexity index is 1110. The zero-order valence-corrected chi connectivity index (χ0v) is 14.7. The molecule has 0 saturated heterocycles. The molecule has 27 heavy (non-hydrogen) atoms. The number of nitrogens with zero attached hydrogens (tertiary/aromatic N) is 3. The number of alkyl halides is 1. The number of anilines is 1. The van der Waals surface area contributed by atoms with Gasteiger partial charge in [0.2, 0.25) is 5.95 Å². The van der Waals surface area contributed by atoms with Crippen LogP contribution >= 0.6 is 0 Å². The van der Waals surface area contributed by atoms with E-state index in [0.717, 1.165) is 0 Å². The van der Waals surface area contributed by atoms with Gasteiger partial charge in [0.1, 0.15) is 12.5 Å². The van der Waals surface area contributed by atoms with Crippen LogP contribution in [-0.2, 0) is 13.1 Å². The SMILES string of the molecule is CCn1c(N)nc(-c2cccc(F)c2)c(-c2ccc(=O)n(CCF)c2)c1=O. The minimum Gasteiger partial charge on any atom is -0.369 e. The maximum absolute atomic E-state index is 13.7. The number of benzene rings is 1. The van der Waals surface area contributed by atoms with E-state index in [0.29, 0.717) is 11.1 Å². The number of aromatic nitrogens is 3. The summed E-state index contributed by atoms with van der Waals surface area (Å²) in [5.74, 6) is -0.483. The summed E-state index contributed by atoms with van der Waals surface area (Å²) in [7, 11) is 0. The van der Waals surface area contributed by atoms with Crippen LogP contribution in [0.25, 0.3) is 22.4 Å². The summed E-state index contributed by atoms with van der Waals surface area (Å²) in [6.45, 7) is 1.18. The van der Waals surface area contributed by atoms with Gasteiger partial charge in [-0.3, -0.25) is 14.2 Å². The van der Waals surface area contributed by atoms with E-state index in [2.05, 4.69) is 4.98 Å². The number of hydrogen-bond donors (Lipinski definition) is 1. The molecule has 0 spiro atoms. The number of halogens is 2. The van der Waals surface area contributed by atoms with Crippen molar-refractivity contribution in [3.05, 3.63) is 69.1 Å². The lowest BCUT2D eigenvalue weighted by Gasteiger charge is -2.15. The van der Waals surface area contributed by atoms with Crippen LogP contribution in [0.1, 0.15) is 6.92 Å². The second-order valence-electron chi connectivity index (χ2n) is 5.89. The Morgan fingerprint density at radius 1 is 1.15 bits per heavy atom. The normalized spacial score (nSPS) is 10.9. The fourth-order valence-corrected chi connectivity index (χ4v) is 2.93. The van der Waals surface area contributed by atoms with Gasteiger partial charge in [-0.1, -0.05) is 12.1 Å². The summed E-state index contributed by atoms with van der Waals surface area (Å²) in [5.41, 5.74) is 6.23. The van der Waals surface area contributed by atoms with Gasteiger partial charge in [0, 0.05) is 29.9 Å². The largest absolute Gasteiger partial charge is 0.369 e. The monoisotopic (exact) mass is 372 g/mol. The molecule has 0 atom stereocenters. The van der Waals surface area contributed by atoms with E-state index in [1.807, 2.05) is 0 Å². The predicted molar refractivity (Wildman–Crippen MR) is 99.6 cm³/mol. The maximum atomic E-state index is 13.7. The molecule has 2 N–H and O–H groups in total. The van der Waals surface area contributed by atoms with Crippen molar-refractivity contribution in [2.45, 2.75) is 20.0 Å². The Hall–Kier alpha value is -3.29. The minimum absolute atomic E-state index is 0.00240. The quantitative estimate of drug-likeness (QED) is 0.746. The van der Waals surface area contributed by atoms with Gasteiger partial charge in [-0.15, -0.1) is 0 Å². The molecule has 0 radical (unpaired) electrons. The average molecular weight is 372 g/mol. The third kappa shape index (κ3) is 3.51. The van der Waals surface area contributed by atoms with E-state index in [-0.39, 0.29) is 35.9 Å². The first-order chi connectivity index (χ1) is 13.0. The highest BCUT2D eigenvalue weighted by molar-refractivity contribution is 5.80. The molecule has 0 aliphatic carbocycles.